The second kappa shape index (κ2) is 13.6. The zero-order chi connectivity index (χ0) is 32.1. The van der Waals surface area contributed by atoms with Crippen molar-refractivity contribution in [1.29, 1.82) is 0 Å². The number of nitrogens with zero attached hydrogens (tertiary/aromatic N) is 5. The Balaban J connectivity index is 1.28. The summed E-state index contributed by atoms with van der Waals surface area (Å²) in [6, 6.07) is 9.50. The van der Waals surface area contributed by atoms with Crippen LogP contribution in [0.4, 0.5) is 14.4 Å². The molecule has 4 rings (SSSR count). The molecule has 4 amide bonds. The van der Waals surface area contributed by atoms with Crippen molar-refractivity contribution in [1.82, 2.24) is 19.6 Å². The van der Waals surface area contributed by atoms with Gasteiger partial charge in [-0.15, -0.1) is 0 Å². The maximum absolute atomic E-state index is 13.4. The van der Waals surface area contributed by atoms with Crippen LogP contribution in [-0.4, -0.2) is 138 Å². The van der Waals surface area contributed by atoms with Crippen LogP contribution in [0, 0.1) is 5.92 Å². The number of esters is 1. The summed E-state index contributed by atoms with van der Waals surface area (Å²) in [6.07, 6.45) is -0.684. The van der Waals surface area contributed by atoms with Crippen molar-refractivity contribution in [2.75, 3.05) is 78.5 Å². The molecule has 3 saturated heterocycles. The normalized spacial score (nSPS) is 19.2. The third kappa shape index (κ3) is 9.48. The van der Waals surface area contributed by atoms with E-state index in [0.29, 0.717) is 69.9 Å². The molecule has 1 aromatic carbocycles. The van der Waals surface area contributed by atoms with E-state index in [1.54, 1.807) is 14.7 Å². The van der Waals surface area contributed by atoms with Gasteiger partial charge in [-0.1, -0.05) is 30.3 Å². The van der Waals surface area contributed by atoms with Crippen LogP contribution in [0.25, 0.3) is 0 Å². The number of ether oxygens (including phenoxy) is 3. The Morgan fingerprint density at radius 1 is 0.727 bits per heavy atom. The van der Waals surface area contributed by atoms with Crippen LogP contribution in [0.5, 0.6) is 0 Å². The van der Waals surface area contributed by atoms with E-state index in [9.17, 15) is 19.2 Å². The quantitative estimate of drug-likeness (QED) is 0.274. The number of piperazine rings is 2. The molecule has 0 radical (unpaired) electrons. The number of amides is 4. The molecule has 0 saturated carbocycles. The summed E-state index contributed by atoms with van der Waals surface area (Å²) in [5.74, 6) is -0.0159. The summed E-state index contributed by atoms with van der Waals surface area (Å²) >= 11 is 0. The van der Waals surface area contributed by atoms with Gasteiger partial charge >= 0.3 is 24.2 Å². The number of hydrogen-bond acceptors (Lipinski definition) is 7. The highest BCUT2D eigenvalue weighted by atomic mass is 16.6. The zero-order valence-electron chi connectivity index (χ0n) is 27.3. The number of quaternary nitrogens is 1. The Labute approximate surface area is 261 Å². The lowest BCUT2D eigenvalue weighted by molar-refractivity contribution is -0.928. The molecular weight excluding hydrogens is 566 g/mol. The summed E-state index contributed by atoms with van der Waals surface area (Å²) < 4.78 is 17.2. The fraction of sp³-hybridized carbons (Fsp3) is 0.688. The van der Waals surface area contributed by atoms with E-state index in [1.807, 2.05) is 76.8 Å². The summed E-state index contributed by atoms with van der Waals surface area (Å²) in [5, 5.41) is 0. The molecule has 0 bridgehead atoms. The standard InChI is InChI=1S/C32H50N5O7/c1-31(2,3)43-27(38)23-37(22-26-20-36(21-26)30(41)44-32(4,5)6)18-16-34(17-19-37)28(39)33-12-14-35(15-13-33)29(40)42-24-25-10-8-7-9-11-25/h7-11,26H,12-24H2,1-6H3/q+1. The Morgan fingerprint density at radius 2 is 1.27 bits per heavy atom. The first kappa shape index (κ1) is 33.4. The third-order valence-corrected chi connectivity index (χ3v) is 8.11. The fourth-order valence-electron chi connectivity index (χ4n) is 5.93. The molecule has 1 aromatic rings. The van der Waals surface area contributed by atoms with Gasteiger partial charge in [0.05, 0.1) is 32.7 Å². The van der Waals surface area contributed by atoms with Crippen molar-refractivity contribution in [2.45, 2.75) is 59.4 Å². The van der Waals surface area contributed by atoms with Gasteiger partial charge in [0, 0.05) is 45.2 Å². The highest BCUT2D eigenvalue weighted by Gasteiger charge is 2.44. The fourth-order valence-corrected chi connectivity index (χ4v) is 5.93. The van der Waals surface area contributed by atoms with Gasteiger partial charge in [0.25, 0.3) is 0 Å². The van der Waals surface area contributed by atoms with Crippen LogP contribution in [-0.2, 0) is 25.6 Å². The van der Waals surface area contributed by atoms with Gasteiger partial charge in [0.1, 0.15) is 17.8 Å². The maximum atomic E-state index is 13.4. The highest BCUT2D eigenvalue weighted by Crippen LogP contribution is 2.26. The summed E-state index contributed by atoms with van der Waals surface area (Å²) in [7, 11) is 0. The van der Waals surface area contributed by atoms with Crippen molar-refractivity contribution < 1.29 is 37.9 Å². The number of benzene rings is 1. The minimum Gasteiger partial charge on any atom is -0.456 e. The molecular formula is C32H50N5O7+. The van der Waals surface area contributed by atoms with E-state index in [2.05, 4.69) is 0 Å². The van der Waals surface area contributed by atoms with Gasteiger partial charge in [-0.2, -0.15) is 0 Å². The Hall–Kier alpha value is -3.54. The van der Waals surface area contributed by atoms with Crippen molar-refractivity contribution >= 4 is 24.2 Å². The Bertz CT molecular complexity index is 1160. The molecule has 3 aliphatic heterocycles. The van der Waals surface area contributed by atoms with Gasteiger partial charge in [-0.3, -0.25) is 0 Å². The van der Waals surface area contributed by atoms with Gasteiger partial charge in [-0.05, 0) is 47.1 Å². The number of hydrogen-bond donors (Lipinski definition) is 0. The van der Waals surface area contributed by atoms with Gasteiger partial charge < -0.3 is 38.3 Å². The third-order valence-electron chi connectivity index (χ3n) is 8.11. The molecule has 0 spiro atoms. The maximum Gasteiger partial charge on any atom is 0.410 e. The van der Waals surface area contributed by atoms with Crippen molar-refractivity contribution in [3.63, 3.8) is 0 Å². The highest BCUT2D eigenvalue weighted by molar-refractivity contribution is 5.75. The number of rotatable bonds is 6. The monoisotopic (exact) mass is 616 g/mol. The molecule has 0 unspecified atom stereocenters. The number of urea groups is 1. The molecule has 0 aliphatic carbocycles. The summed E-state index contributed by atoms with van der Waals surface area (Å²) in [4.78, 5) is 58.4. The number of likely N-dealkylation sites (tertiary alicyclic amines) is 1. The first-order valence-corrected chi connectivity index (χ1v) is 15.7. The van der Waals surface area contributed by atoms with Crippen LogP contribution < -0.4 is 0 Å². The number of carbonyl (C=O) groups excluding carboxylic acids is 4. The van der Waals surface area contributed by atoms with Gasteiger partial charge in [0.2, 0.25) is 0 Å². The van der Waals surface area contributed by atoms with Crippen LogP contribution in [0.15, 0.2) is 30.3 Å². The predicted octanol–water partition coefficient (Wildman–Crippen LogP) is 3.40. The van der Waals surface area contributed by atoms with E-state index >= 15 is 0 Å². The van der Waals surface area contributed by atoms with Gasteiger partial charge in [-0.25, -0.2) is 19.2 Å². The minimum atomic E-state index is -0.584. The van der Waals surface area contributed by atoms with Crippen molar-refractivity contribution in [2.24, 2.45) is 5.92 Å². The average molecular weight is 617 g/mol. The summed E-state index contributed by atoms with van der Waals surface area (Å²) in [5.41, 5.74) is -0.203. The number of carbonyl (C=O) groups is 4. The van der Waals surface area contributed by atoms with E-state index in [4.69, 9.17) is 14.2 Å². The second-order valence-corrected chi connectivity index (χ2v) is 14.3. The van der Waals surface area contributed by atoms with Crippen LogP contribution in [0.2, 0.25) is 0 Å². The lowest BCUT2D eigenvalue weighted by atomic mass is 9.97. The molecule has 3 fully saturated rings. The average Bonchev–Trinajstić information content (AvgIpc) is 2.92. The molecule has 0 aromatic heterocycles. The van der Waals surface area contributed by atoms with E-state index in [1.165, 1.54) is 0 Å². The molecule has 244 valence electrons. The molecule has 12 nitrogen and oxygen atoms in total. The zero-order valence-corrected chi connectivity index (χ0v) is 27.3. The molecule has 44 heavy (non-hydrogen) atoms. The largest absolute Gasteiger partial charge is 0.456 e. The van der Waals surface area contributed by atoms with Crippen molar-refractivity contribution in [3.05, 3.63) is 35.9 Å². The molecule has 0 N–H and O–H groups in total. The Kier molecular flexibility index (Phi) is 10.3. The van der Waals surface area contributed by atoms with E-state index in [-0.39, 0.29) is 43.3 Å². The van der Waals surface area contributed by atoms with Crippen molar-refractivity contribution in [3.8, 4) is 0 Å². The summed E-state index contributed by atoms with van der Waals surface area (Å²) in [6.45, 7) is 17.5. The van der Waals surface area contributed by atoms with E-state index in [0.717, 1.165) is 12.1 Å². The minimum absolute atomic E-state index is 0.0443. The lowest BCUT2D eigenvalue weighted by Crippen LogP contribution is -2.67. The predicted molar refractivity (Wildman–Crippen MR) is 164 cm³/mol. The van der Waals surface area contributed by atoms with E-state index < -0.39 is 11.2 Å². The van der Waals surface area contributed by atoms with Crippen LogP contribution >= 0.6 is 0 Å². The Morgan fingerprint density at radius 3 is 1.84 bits per heavy atom. The first-order chi connectivity index (χ1) is 20.6. The lowest BCUT2D eigenvalue weighted by Gasteiger charge is -2.49. The SMILES string of the molecule is CC(C)(C)OC(=O)C[N+]1(CC2CN(C(=O)OC(C)(C)C)C2)CCN(C(=O)N2CCN(C(=O)OCc3ccccc3)CC2)CC1. The smallest absolute Gasteiger partial charge is 0.410 e. The van der Waals surface area contributed by atoms with Crippen LogP contribution in [0.3, 0.4) is 0 Å². The molecule has 3 aliphatic rings. The molecule has 12 heteroatoms. The first-order valence-electron chi connectivity index (χ1n) is 15.7. The van der Waals surface area contributed by atoms with Gasteiger partial charge in [0.15, 0.2) is 6.54 Å². The second-order valence-electron chi connectivity index (χ2n) is 14.3. The molecule has 3 heterocycles. The molecule has 0 atom stereocenters. The topological polar surface area (TPSA) is 109 Å². The van der Waals surface area contributed by atoms with Crippen LogP contribution in [0.1, 0.15) is 47.1 Å².